The third-order valence-corrected chi connectivity index (χ3v) is 3.91. The number of likely N-dealkylation sites (N-methyl/N-ethyl adjacent to an activating group) is 1. The van der Waals surface area contributed by atoms with Crippen LogP contribution in [0.3, 0.4) is 0 Å². The van der Waals surface area contributed by atoms with Gasteiger partial charge in [0.1, 0.15) is 6.04 Å². The average Bonchev–Trinajstić information content (AvgIpc) is 2.48. The number of nitrogens with one attached hydrogen (secondary N) is 2. The number of benzene rings is 1. The molecule has 3 N–H and O–H groups in total. The van der Waals surface area contributed by atoms with Crippen LogP contribution in [0, 0.1) is 0 Å². The highest BCUT2D eigenvalue weighted by atomic mass is 16.3. The molecule has 2 rings (SSSR count). The summed E-state index contributed by atoms with van der Waals surface area (Å²) in [7, 11) is 0. The maximum atomic E-state index is 12.2. The smallest absolute Gasteiger partial charge is 0.238 e. The predicted octanol–water partition coefficient (Wildman–Crippen LogP) is 0.304. The molecule has 116 valence electrons. The standard InChI is InChI=1S/C16H25N3O2/c1-3-18-15(20)14-11-17-9-10-19(14)12-16(2,21)13-7-5-4-6-8-13/h4-8,14,17,21H,3,9-12H2,1-2H3,(H,18,20). The molecule has 0 aliphatic carbocycles. The summed E-state index contributed by atoms with van der Waals surface area (Å²) in [5.41, 5.74) is -0.0956. The number of amides is 1. The van der Waals surface area contributed by atoms with Crippen LogP contribution >= 0.6 is 0 Å². The van der Waals surface area contributed by atoms with E-state index in [1.54, 1.807) is 6.92 Å². The lowest BCUT2D eigenvalue weighted by atomic mass is 9.94. The molecule has 1 aliphatic heterocycles. The Balaban J connectivity index is 2.09. The van der Waals surface area contributed by atoms with E-state index in [1.807, 2.05) is 37.3 Å². The molecule has 0 aromatic heterocycles. The summed E-state index contributed by atoms with van der Waals surface area (Å²) in [6, 6.07) is 9.38. The van der Waals surface area contributed by atoms with E-state index >= 15 is 0 Å². The predicted molar refractivity (Wildman–Crippen MR) is 82.9 cm³/mol. The summed E-state index contributed by atoms with van der Waals surface area (Å²) in [4.78, 5) is 14.2. The van der Waals surface area contributed by atoms with E-state index in [1.165, 1.54) is 0 Å². The zero-order valence-corrected chi connectivity index (χ0v) is 12.8. The second-order valence-electron chi connectivity index (χ2n) is 5.72. The monoisotopic (exact) mass is 291 g/mol. The van der Waals surface area contributed by atoms with Crippen molar-refractivity contribution in [2.45, 2.75) is 25.5 Å². The third kappa shape index (κ3) is 4.03. The minimum Gasteiger partial charge on any atom is -0.384 e. The number of carbonyl (C=O) groups is 1. The van der Waals surface area contributed by atoms with Crippen molar-refractivity contribution < 1.29 is 9.90 Å². The van der Waals surface area contributed by atoms with E-state index in [4.69, 9.17) is 0 Å². The lowest BCUT2D eigenvalue weighted by molar-refractivity contribution is -0.128. The second-order valence-corrected chi connectivity index (χ2v) is 5.72. The normalized spacial score (nSPS) is 22.5. The maximum absolute atomic E-state index is 12.2. The quantitative estimate of drug-likeness (QED) is 0.730. The van der Waals surface area contributed by atoms with Crippen molar-refractivity contribution in [3.8, 4) is 0 Å². The first-order valence-corrected chi connectivity index (χ1v) is 7.55. The molecule has 2 unspecified atom stereocenters. The zero-order valence-electron chi connectivity index (χ0n) is 12.8. The van der Waals surface area contributed by atoms with Gasteiger partial charge in [0, 0.05) is 32.7 Å². The van der Waals surface area contributed by atoms with Crippen molar-refractivity contribution in [1.82, 2.24) is 15.5 Å². The summed E-state index contributed by atoms with van der Waals surface area (Å²) < 4.78 is 0. The Hall–Kier alpha value is -1.43. The molecule has 1 aliphatic rings. The molecule has 0 spiro atoms. The highest BCUT2D eigenvalue weighted by molar-refractivity contribution is 5.82. The largest absolute Gasteiger partial charge is 0.384 e. The van der Waals surface area contributed by atoms with Gasteiger partial charge in [0.05, 0.1) is 5.60 Å². The first kappa shape index (κ1) is 15.9. The molecule has 0 bridgehead atoms. The number of rotatable bonds is 5. The van der Waals surface area contributed by atoms with E-state index in [-0.39, 0.29) is 11.9 Å². The van der Waals surface area contributed by atoms with Gasteiger partial charge in [-0.1, -0.05) is 30.3 Å². The van der Waals surface area contributed by atoms with Crippen LogP contribution < -0.4 is 10.6 Å². The molecule has 1 fully saturated rings. The van der Waals surface area contributed by atoms with Crippen LogP contribution in [0.5, 0.6) is 0 Å². The molecular weight excluding hydrogens is 266 g/mol. The summed E-state index contributed by atoms with van der Waals surface area (Å²) in [6.45, 7) is 7.00. The van der Waals surface area contributed by atoms with Crippen molar-refractivity contribution in [2.24, 2.45) is 0 Å². The van der Waals surface area contributed by atoms with E-state index < -0.39 is 5.60 Å². The van der Waals surface area contributed by atoms with Gasteiger partial charge in [0.2, 0.25) is 5.91 Å². The number of aliphatic hydroxyl groups is 1. The fraction of sp³-hybridized carbons (Fsp3) is 0.562. The fourth-order valence-electron chi connectivity index (χ4n) is 2.77. The molecule has 1 aromatic carbocycles. The molecular formula is C16H25N3O2. The van der Waals surface area contributed by atoms with Gasteiger partial charge in [0.25, 0.3) is 0 Å². The Labute approximate surface area is 126 Å². The highest BCUT2D eigenvalue weighted by Crippen LogP contribution is 2.23. The van der Waals surface area contributed by atoms with Crippen molar-refractivity contribution in [3.63, 3.8) is 0 Å². The first-order valence-electron chi connectivity index (χ1n) is 7.55. The summed E-state index contributed by atoms with van der Waals surface area (Å²) in [5.74, 6) is 0.0218. The van der Waals surface area contributed by atoms with E-state index in [2.05, 4.69) is 15.5 Å². The Bertz CT molecular complexity index is 462. The molecule has 5 nitrogen and oxygen atoms in total. The molecule has 0 saturated carbocycles. The van der Waals surface area contributed by atoms with Crippen molar-refractivity contribution in [3.05, 3.63) is 35.9 Å². The molecule has 1 heterocycles. The lowest BCUT2D eigenvalue weighted by Crippen LogP contribution is -2.60. The number of carbonyl (C=O) groups excluding carboxylic acids is 1. The van der Waals surface area contributed by atoms with Crippen molar-refractivity contribution >= 4 is 5.91 Å². The number of β-amino-alcohol motifs (C(OH)–C–C–N with tert-alkyl or cyclic N) is 1. The van der Waals surface area contributed by atoms with Crippen LogP contribution in [-0.2, 0) is 10.4 Å². The summed E-state index contributed by atoms with van der Waals surface area (Å²) in [5, 5.41) is 16.9. The summed E-state index contributed by atoms with van der Waals surface area (Å²) >= 11 is 0. The summed E-state index contributed by atoms with van der Waals surface area (Å²) in [6.07, 6.45) is 0. The van der Waals surface area contributed by atoms with Crippen LogP contribution in [0.4, 0.5) is 0 Å². The zero-order chi connectivity index (χ0) is 15.3. The van der Waals surface area contributed by atoms with Gasteiger partial charge in [-0.05, 0) is 19.4 Å². The molecule has 1 saturated heterocycles. The Morgan fingerprint density at radius 1 is 1.48 bits per heavy atom. The van der Waals surface area contributed by atoms with Gasteiger partial charge in [-0.25, -0.2) is 0 Å². The van der Waals surface area contributed by atoms with Gasteiger partial charge < -0.3 is 15.7 Å². The SMILES string of the molecule is CCNC(=O)C1CNCCN1CC(C)(O)c1ccccc1. The first-order chi connectivity index (χ1) is 10.0. The Kier molecular flexibility index (Phi) is 5.33. The van der Waals surface area contributed by atoms with Crippen LogP contribution in [0.15, 0.2) is 30.3 Å². The molecule has 5 heteroatoms. The van der Waals surface area contributed by atoms with Gasteiger partial charge in [-0.2, -0.15) is 0 Å². The number of hydrogen-bond donors (Lipinski definition) is 3. The lowest BCUT2D eigenvalue weighted by Gasteiger charge is -2.39. The fourth-order valence-corrected chi connectivity index (χ4v) is 2.77. The topological polar surface area (TPSA) is 64.6 Å². The molecule has 1 aromatic rings. The minimum absolute atomic E-state index is 0.0218. The maximum Gasteiger partial charge on any atom is 0.238 e. The minimum atomic E-state index is -0.969. The molecule has 0 radical (unpaired) electrons. The van der Waals surface area contributed by atoms with Crippen LogP contribution in [0.25, 0.3) is 0 Å². The molecule has 2 atom stereocenters. The second kappa shape index (κ2) is 7.02. The van der Waals surface area contributed by atoms with Gasteiger partial charge in [-0.3, -0.25) is 9.69 Å². The number of piperazine rings is 1. The highest BCUT2D eigenvalue weighted by Gasteiger charge is 2.34. The van der Waals surface area contributed by atoms with E-state index in [0.29, 0.717) is 19.6 Å². The van der Waals surface area contributed by atoms with Crippen LogP contribution in [0.1, 0.15) is 19.4 Å². The number of nitrogens with zero attached hydrogens (tertiary/aromatic N) is 1. The Morgan fingerprint density at radius 2 is 2.19 bits per heavy atom. The van der Waals surface area contributed by atoms with Gasteiger partial charge in [-0.15, -0.1) is 0 Å². The van der Waals surface area contributed by atoms with E-state index in [9.17, 15) is 9.90 Å². The number of hydrogen-bond acceptors (Lipinski definition) is 4. The molecule has 21 heavy (non-hydrogen) atoms. The van der Waals surface area contributed by atoms with Gasteiger partial charge >= 0.3 is 0 Å². The Morgan fingerprint density at radius 3 is 2.86 bits per heavy atom. The van der Waals surface area contributed by atoms with Crippen LogP contribution in [-0.4, -0.2) is 54.7 Å². The average molecular weight is 291 g/mol. The van der Waals surface area contributed by atoms with E-state index in [0.717, 1.165) is 18.7 Å². The van der Waals surface area contributed by atoms with Crippen molar-refractivity contribution in [1.29, 1.82) is 0 Å². The third-order valence-electron chi connectivity index (χ3n) is 3.91. The molecule has 1 amide bonds. The van der Waals surface area contributed by atoms with Crippen LogP contribution in [0.2, 0.25) is 0 Å². The van der Waals surface area contributed by atoms with Gasteiger partial charge in [0.15, 0.2) is 0 Å². The van der Waals surface area contributed by atoms with Crippen molar-refractivity contribution in [2.75, 3.05) is 32.7 Å².